The molecule has 0 aliphatic carbocycles. The Balaban J connectivity index is 1.84. The highest BCUT2D eigenvalue weighted by atomic mass is 32.2. The van der Waals surface area contributed by atoms with Gasteiger partial charge in [0.25, 0.3) is 0 Å². The van der Waals surface area contributed by atoms with Gasteiger partial charge in [0, 0.05) is 24.5 Å². The molecule has 2 rings (SSSR count). The molecule has 112 valence electrons. The van der Waals surface area contributed by atoms with Crippen LogP contribution < -0.4 is 10.0 Å². The lowest BCUT2D eigenvalue weighted by atomic mass is 10.0. The summed E-state index contributed by atoms with van der Waals surface area (Å²) in [6.07, 6.45) is 7.51. The average molecular weight is 297 g/mol. The molecule has 5 nitrogen and oxygen atoms in total. The third kappa shape index (κ3) is 4.85. The smallest absolute Gasteiger partial charge is 0.212 e. The van der Waals surface area contributed by atoms with E-state index >= 15 is 0 Å². The van der Waals surface area contributed by atoms with Crippen molar-refractivity contribution in [3.8, 4) is 0 Å². The number of piperidine rings is 1. The highest BCUT2D eigenvalue weighted by Crippen LogP contribution is 2.14. The lowest BCUT2D eigenvalue weighted by molar-refractivity contribution is 0.392. The van der Waals surface area contributed by atoms with Crippen LogP contribution in [0.15, 0.2) is 24.5 Å². The molecular weight excluding hydrogens is 274 g/mol. The number of nitrogens with one attached hydrogen (secondary N) is 2. The van der Waals surface area contributed by atoms with Crippen LogP contribution in [0.2, 0.25) is 0 Å². The van der Waals surface area contributed by atoms with Crippen molar-refractivity contribution >= 4 is 10.0 Å². The van der Waals surface area contributed by atoms with Gasteiger partial charge in [0.15, 0.2) is 0 Å². The third-order valence-corrected chi connectivity index (χ3v) is 5.17. The summed E-state index contributed by atoms with van der Waals surface area (Å²) in [6.45, 7) is 2.84. The second-order valence-corrected chi connectivity index (χ2v) is 7.25. The van der Waals surface area contributed by atoms with Gasteiger partial charge < -0.3 is 5.32 Å². The first-order chi connectivity index (χ1) is 9.57. The molecule has 1 saturated heterocycles. The molecule has 1 aromatic heterocycles. The van der Waals surface area contributed by atoms with E-state index < -0.39 is 10.0 Å². The molecule has 20 heavy (non-hydrogen) atoms. The molecule has 1 aliphatic heterocycles. The van der Waals surface area contributed by atoms with Crippen LogP contribution >= 0.6 is 0 Å². The summed E-state index contributed by atoms with van der Waals surface area (Å²) in [5.74, 6) is 0.176. The molecule has 0 bridgehead atoms. The van der Waals surface area contributed by atoms with Crippen molar-refractivity contribution in [2.45, 2.75) is 44.7 Å². The van der Waals surface area contributed by atoms with Crippen molar-refractivity contribution in [3.05, 3.63) is 30.1 Å². The molecule has 0 aromatic carbocycles. The molecule has 0 spiro atoms. The molecular formula is C14H23N3O2S. The van der Waals surface area contributed by atoms with Crippen molar-refractivity contribution in [1.82, 2.24) is 15.0 Å². The van der Waals surface area contributed by atoms with Crippen molar-refractivity contribution in [2.75, 3.05) is 12.3 Å². The minimum atomic E-state index is -3.25. The van der Waals surface area contributed by atoms with Gasteiger partial charge in [0.1, 0.15) is 0 Å². The van der Waals surface area contributed by atoms with Gasteiger partial charge in [0.2, 0.25) is 10.0 Å². The molecule has 2 unspecified atom stereocenters. The van der Waals surface area contributed by atoms with E-state index in [9.17, 15) is 8.42 Å². The van der Waals surface area contributed by atoms with Crippen molar-refractivity contribution in [1.29, 1.82) is 0 Å². The van der Waals surface area contributed by atoms with Crippen LogP contribution in [0.1, 0.15) is 44.2 Å². The van der Waals surface area contributed by atoms with Crippen LogP contribution in [0.25, 0.3) is 0 Å². The Morgan fingerprint density at radius 3 is 3.00 bits per heavy atom. The number of aromatic nitrogens is 1. The maximum atomic E-state index is 12.1. The van der Waals surface area contributed by atoms with Crippen LogP contribution in [-0.4, -0.2) is 31.7 Å². The quantitative estimate of drug-likeness (QED) is 0.836. The second kappa shape index (κ2) is 7.15. The van der Waals surface area contributed by atoms with Crippen LogP contribution in [-0.2, 0) is 10.0 Å². The minimum Gasteiger partial charge on any atom is -0.314 e. The number of nitrogens with zero attached hydrogens (tertiary/aromatic N) is 1. The fourth-order valence-electron chi connectivity index (χ4n) is 2.50. The predicted octanol–water partition coefficient (Wildman–Crippen LogP) is 1.59. The lowest BCUT2D eigenvalue weighted by Crippen LogP contribution is -2.37. The lowest BCUT2D eigenvalue weighted by Gasteiger charge is -2.23. The van der Waals surface area contributed by atoms with Crippen LogP contribution in [0, 0.1) is 0 Å². The van der Waals surface area contributed by atoms with E-state index in [1.165, 1.54) is 12.8 Å². The molecule has 2 atom stereocenters. The van der Waals surface area contributed by atoms with Crippen molar-refractivity contribution < 1.29 is 8.42 Å². The Bertz CT molecular complexity index is 498. The first-order valence-corrected chi connectivity index (χ1v) is 8.85. The van der Waals surface area contributed by atoms with Crippen LogP contribution in [0.4, 0.5) is 0 Å². The number of pyridine rings is 1. The number of rotatable bonds is 6. The third-order valence-electron chi connectivity index (χ3n) is 3.69. The number of hydrogen-bond acceptors (Lipinski definition) is 4. The summed E-state index contributed by atoms with van der Waals surface area (Å²) in [5, 5.41) is 3.37. The van der Waals surface area contributed by atoms with Gasteiger partial charge in [-0.15, -0.1) is 0 Å². The maximum absolute atomic E-state index is 12.1. The second-order valence-electron chi connectivity index (χ2n) is 5.38. The topological polar surface area (TPSA) is 71.1 Å². The maximum Gasteiger partial charge on any atom is 0.212 e. The zero-order chi connectivity index (χ0) is 14.4. The van der Waals surface area contributed by atoms with E-state index in [1.807, 2.05) is 19.1 Å². The Morgan fingerprint density at radius 1 is 1.50 bits per heavy atom. The van der Waals surface area contributed by atoms with E-state index in [1.54, 1.807) is 12.4 Å². The molecule has 0 saturated carbocycles. The standard InChI is InChI=1S/C14H23N3O2S/c1-12(13-5-4-8-15-11-13)17-20(18,19)10-7-14-6-2-3-9-16-14/h4-5,8,11-12,14,16-17H,2-3,6-7,9-10H2,1H3. The van der Waals surface area contributed by atoms with Gasteiger partial charge in [-0.25, -0.2) is 13.1 Å². The highest BCUT2D eigenvalue weighted by Gasteiger charge is 2.19. The van der Waals surface area contributed by atoms with Gasteiger partial charge in [-0.1, -0.05) is 12.5 Å². The largest absolute Gasteiger partial charge is 0.314 e. The van der Waals surface area contributed by atoms with Crippen molar-refractivity contribution in [3.63, 3.8) is 0 Å². The van der Waals surface area contributed by atoms with Gasteiger partial charge in [-0.05, 0) is 44.4 Å². The fourth-order valence-corrected chi connectivity index (χ4v) is 3.88. The van der Waals surface area contributed by atoms with E-state index in [-0.39, 0.29) is 11.8 Å². The summed E-state index contributed by atoms with van der Waals surface area (Å²) < 4.78 is 26.9. The first kappa shape index (κ1) is 15.4. The Hall–Kier alpha value is -0.980. The highest BCUT2D eigenvalue weighted by molar-refractivity contribution is 7.89. The summed E-state index contributed by atoms with van der Waals surface area (Å²) in [7, 11) is -3.25. The monoisotopic (exact) mass is 297 g/mol. The van der Waals surface area contributed by atoms with E-state index in [0.29, 0.717) is 12.5 Å². The molecule has 2 heterocycles. The zero-order valence-corrected chi connectivity index (χ0v) is 12.7. The Labute approximate surface area is 121 Å². The van der Waals surface area contributed by atoms with Gasteiger partial charge in [-0.3, -0.25) is 4.98 Å². The summed E-state index contributed by atoms with van der Waals surface area (Å²) in [6, 6.07) is 3.79. The Kier molecular flexibility index (Phi) is 5.51. The number of sulfonamides is 1. The molecule has 0 amide bonds. The molecule has 0 radical (unpaired) electrons. The summed E-state index contributed by atoms with van der Waals surface area (Å²) >= 11 is 0. The molecule has 1 fully saturated rings. The van der Waals surface area contributed by atoms with E-state index in [0.717, 1.165) is 18.5 Å². The first-order valence-electron chi connectivity index (χ1n) is 7.20. The minimum absolute atomic E-state index is 0.176. The summed E-state index contributed by atoms with van der Waals surface area (Å²) in [5.41, 5.74) is 0.881. The molecule has 1 aromatic rings. The molecule has 6 heteroatoms. The van der Waals surface area contributed by atoms with Gasteiger partial charge in [0.05, 0.1) is 5.75 Å². The van der Waals surface area contributed by atoms with Crippen LogP contribution in [0.5, 0.6) is 0 Å². The predicted molar refractivity (Wildman–Crippen MR) is 79.8 cm³/mol. The fraction of sp³-hybridized carbons (Fsp3) is 0.643. The van der Waals surface area contributed by atoms with E-state index in [2.05, 4.69) is 15.0 Å². The summed E-state index contributed by atoms with van der Waals surface area (Å²) in [4.78, 5) is 4.01. The van der Waals surface area contributed by atoms with Crippen LogP contribution in [0.3, 0.4) is 0 Å². The zero-order valence-electron chi connectivity index (χ0n) is 11.9. The Morgan fingerprint density at radius 2 is 2.35 bits per heavy atom. The molecule has 1 aliphatic rings. The number of hydrogen-bond donors (Lipinski definition) is 2. The van der Waals surface area contributed by atoms with Gasteiger partial charge in [-0.2, -0.15) is 0 Å². The van der Waals surface area contributed by atoms with Crippen molar-refractivity contribution in [2.24, 2.45) is 0 Å². The average Bonchev–Trinajstić information content (AvgIpc) is 2.47. The normalized spacial score (nSPS) is 21.6. The van der Waals surface area contributed by atoms with Gasteiger partial charge >= 0.3 is 0 Å². The van der Waals surface area contributed by atoms with E-state index in [4.69, 9.17) is 0 Å². The molecule has 2 N–H and O–H groups in total. The SMILES string of the molecule is CC(NS(=O)(=O)CCC1CCCCN1)c1cccnc1.